The average Bonchev–Trinajstić information content (AvgIpc) is 2.13. The number of nitrogens with one attached hydrogen (secondary N) is 1. The molecule has 1 aliphatic rings. The van der Waals surface area contributed by atoms with E-state index in [1.54, 1.807) is 0 Å². The van der Waals surface area contributed by atoms with Crippen LogP contribution in [-0.2, 0) is 6.54 Å². The van der Waals surface area contributed by atoms with Crippen molar-refractivity contribution in [1.29, 1.82) is 0 Å². The van der Waals surface area contributed by atoms with Crippen molar-refractivity contribution in [2.24, 2.45) is 0 Å². The van der Waals surface area contributed by atoms with Gasteiger partial charge in [-0.15, -0.1) is 0 Å². The van der Waals surface area contributed by atoms with Crippen LogP contribution in [0.3, 0.4) is 0 Å². The van der Waals surface area contributed by atoms with E-state index in [1.165, 1.54) is 25.2 Å². The van der Waals surface area contributed by atoms with Crippen LogP contribution in [0.4, 0.5) is 5.82 Å². The van der Waals surface area contributed by atoms with Crippen LogP contribution in [0.5, 0.6) is 0 Å². The molecule has 1 saturated heterocycles. The molecule has 14 heavy (non-hydrogen) atoms. The number of pyridine rings is 1. The largest absolute Gasteiger partial charge is 0.370 e. The molecule has 1 fully saturated rings. The van der Waals surface area contributed by atoms with Gasteiger partial charge in [-0.25, -0.2) is 4.98 Å². The van der Waals surface area contributed by atoms with Gasteiger partial charge in [-0.05, 0) is 38.6 Å². The number of aromatic nitrogens is 1. The summed E-state index contributed by atoms with van der Waals surface area (Å²) in [7, 11) is 0. The Labute approximate surface area is 85.1 Å². The van der Waals surface area contributed by atoms with Crippen LogP contribution < -0.4 is 5.32 Å². The Morgan fingerprint density at radius 1 is 1.43 bits per heavy atom. The Kier molecular flexibility index (Phi) is 2.99. The summed E-state index contributed by atoms with van der Waals surface area (Å²) in [5.41, 5.74) is 1.17. The van der Waals surface area contributed by atoms with Gasteiger partial charge < -0.3 is 5.32 Å². The molecular weight excluding hydrogens is 174 g/mol. The smallest absolute Gasteiger partial charge is 0.126 e. The van der Waals surface area contributed by atoms with Crippen molar-refractivity contribution in [3.63, 3.8) is 0 Å². The Bertz CT molecular complexity index is 294. The summed E-state index contributed by atoms with van der Waals surface area (Å²) in [4.78, 5) is 6.95. The van der Waals surface area contributed by atoms with E-state index in [-0.39, 0.29) is 0 Å². The Balaban J connectivity index is 1.97. The minimum atomic E-state index is 0.931. The lowest BCUT2D eigenvalue weighted by Gasteiger charge is -2.30. The molecule has 0 bridgehead atoms. The zero-order chi connectivity index (χ0) is 9.80. The van der Waals surface area contributed by atoms with Gasteiger partial charge in [-0.3, -0.25) is 4.90 Å². The van der Waals surface area contributed by atoms with Gasteiger partial charge in [0, 0.05) is 13.1 Å². The molecule has 0 radical (unpaired) electrons. The van der Waals surface area contributed by atoms with Crippen molar-refractivity contribution < 1.29 is 0 Å². The molecule has 0 atom stereocenters. The van der Waals surface area contributed by atoms with Crippen molar-refractivity contribution in [1.82, 2.24) is 9.88 Å². The van der Waals surface area contributed by atoms with Gasteiger partial charge in [0.2, 0.25) is 0 Å². The second-order valence-corrected chi connectivity index (χ2v) is 3.67. The molecule has 1 aromatic rings. The molecule has 0 aromatic carbocycles. The molecule has 0 unspecified atom stereocenters. The second-order valence-electron chi connectivity index (χ2n) is 3.67. The van der Waals surface area contributed by atoms with E-state index in [0.29, 0.717) is 0 Å². The molecule has 3 nitrogen and oxygen atoms in total. The summed E-state index contributed by atoms with van der Waals surface area (Å²) < 4.78 is 0. The molecule has 0 aliphatic carbocycles. The standard InChI is InChI=1S/C11H17N3/c1-2-12-11-6-3-5-10(13-11)9-14-7-4-8-14/h3,5-6H,2,4,7-9H2,1H3,(H,12,13). The van der Waals surface area contributed by atoms with E-state index >= 15 is 0 Å². The molecule has 76 valence electrons. The first-order chi connectivity index (χ1) is 6.88. The first kappa shape index (κ1) is 9.46. The molecule has 0 saturated carbocycles. The fourth-order valence-electron chi connectivity index (χ4n) is 1.62. The first-order valence-corrected chi connectivity index (χ1v) is 5.30. The molecule has 1 N–H and O–H groups in total. The lowest BCUT2D eigenvalue weighted by Crippen LogP contribution is -2.36. The third-order valence-electron chi connectivity index (χ3n) is 2.50. The predicted molar refractivity (Wildman–Crippen MR) is 58.3 cm³/mol. The maximum atomic E-state index is 4.53. The Hall–Kier alpha value is -1.09. The van der Waals surface area contributed by atoms with Crippen LogP contribution >= 0.6 is 0 Å². The van der Waals surface area contributed by atoms with Crippen molar-refractivity contribution in [3.8, 4) is 0 Å². The van der Waals surface area contributed by atoms with E-state index < -0.39 is 0 Å². The van der Waals surface area contributed by atoms with Crippen molar-refractivity contribution in [2.75, 3.05) is 25.0 Å². The SMILES string of the molecule is CCNc1cccc(CN2CCC2)n1. The lowest BCUT2D eigenvalue weighted by atomic mass is 10.2. The highest BCUT2D eigenvalue weighted by Crippen LogP contribution is 2.12. The van der Waals surface area contributed by atoms with Crippen LogP contribution in [0.25, 0.3) is 0 Å². The summed E-state index contributed by atoms with van der Waals surface area (Å²) in [6, 6.07) is 6.18. The molecule has 0 spiro atoms. The number of anilines is 1. The third-order valence-corrected chi connectivity index (χ3v) is 2.50. The van der Waals surface area contributed by atoms with Gasteiger partial charge in [0.25, 0.3) is 0 Å². The normalized spacial score (nSPS) is 16.4. The molecule has 0 amide bonds. The summed E-state index contributed by atoms with van der Waals surface area (Å²) in [6.07, 6.45) is 1.34. The van der Waals surface area contributed by atoms with Gasteiger partial charge in [-0.2, -0.15) is 0 Å². The van der Waals surface area contributed by atoms with Crippen molar-refractivity contribution in [3.05, 3.63) is 23.9 Å². The van der Waals surface area contributed by atoms with Crippen LogP contribution in [0.1, 0.15) is 19.0 Å². The van der Waals surface area contributed by atoms with Gasteiger partial charge in [-0.1, -0.05) is 6.07 Å². The molecule has 2 heterocycles. The minimum absolute atomic E-state index is 0.931. The number of likely N-dealkylation sites (tertiary alicyclic amines) is 1. The number of hydrogen-bond donors (Lipinski definition) is 1. The quantitative estimate of drug-likeness (QED) is 0.785. The van der Waals surface area contributed by atoms with Gasteiger partial charge in [0.05, 0.1) is 5.69 Å². The second kappa shape index (κ2) is 4.42. The van der Waals surface area contributed by atoms with E-state index in [9.17, 15) is 0 Å². The van der Waals surface area contributed by atoms with Crippen LogP contribution in [0, 0.1) is 0 Å². The van der Waals surface area contributed by atoms with Gasteiger partial charge in [0.15, 0.2) is 0 Å². The number of nitrogens with zero attached hydrogens (tertiary/aromatic N) is 2. The van der Waals surface area contributed by atoms with Crippen molar-refractivity contribution in [2.45, 2.75) is 19.9 Å². The van der Waals surface area contributed by atoms with E-state index in [2.05, 4.69) is 34.3 Å². The Morgan fingerprint density at radius 3 is 2.93 bits per heavy atom. The minimum Gasteiger partial charge on any atom is -0.370 e. The zero-order valence-electron chi connectivity index (χ0n) is 8.66. The fraction of sp³-hybridized carbons (Fsp3) is 0.545. The van der Waals surface area contributed by atoms with E-state index in [4.69, 9.17) is 0 Å². The summed E-state index contributed by atoms with van der Waals surface area (Å²) in [6.45, 7) is 6.48. The van der Waals surface area contributed by atoms with E-state index in [1.807, 2.05) is 6.07 Å². The topological polar surface area (TPSA) is 28.2 Å². The van der Waals surface area contributed by atoms with Gasteiger partial charge in [0.1, 0.15) is 5.82 Å². The zero-order valence-corrected chi connectivity index (χ0v) is 8.66. The maximum absolute atomic E-state index is 4.53. The molecule has 1 aromatic heterocycles. The third kappa shape index (κ3) is 2.23. The number of rotatable bonds is 4. The molecule has 1 aliphatic heterocycles. The van der Waals surface area contributed by atoms with E-state index in [0.717, 1.165) is 18.9 Å². The fourth-order valence-corrected chi connectivity index (χ4v) is 1.62. The molecule has 3 heteroatoms. The first-order valence-electron chi connectivity index (χ1n) is 5.30. The van der Waals surface area contributed by atoms with Crippen LogP contribution in [0.2, 0.25) is 0 Å². The Morgan fingerprint density at radius 2 is 2.29 bits per heavy atom. The summed E-state index contributed by atoms with van der Waals surface area (Å²) >= 11 is 0. The lowest BCUT2D eigenvalue weighted by molar-refractivity contribution is 0.170. The van der Waals surface area contributed by atoms with Gasteiger partial charge >= 0.3 is 0 Å². The summed E-state index contributed by atoms with van der Waals surface area (Å²) in [5.74, 6) is 0.991. The molecule has 2 rings (SSSR count). The maximum Gasteiger partial charge on any atom is 0.126 e. The average molecular weight is 191 g/mol. The molecular formula is C11H17N3. The van der Waals surface area contributed by atoms with Crippen LogP contribution in [-0.4, -0.2) is 29.5 Å². The predicted octanol–water partition coefficient (Wildman–Crippen LogP) is 1.72. The number of hydrogen-bond acceptors (Lipinski definition) is 3. The van der Waals surface area contributed by atoms with Crippen molar-refractivity contribution >= 4 is 5.82 Å². The highest BCUT2D eigenvalue weighted by molar-refractivity contribution is 5.34. The monoisotopic (exact) mass is 191 g/mol. The highest BCUT2D eigenvalue weighted by atomic mass is 15.2. The summed E-state index contributed by atoms with van der Waals surface area (Å²) in [5, 5.41) is 3.23. The van der Waals surface area contributed by atoms with Crippen LogP contribution in [0.15, 0.2) is 18.2 Å². The highest BCUT2D eigenvalue weighted by Gasteiger charge is 2.14.